The van der Waals surface area contributed by atoms with E-state index in [0.717, 1.165) is 18.4 Å². The van der Waals surface area contributed by atoms with Crippen LogP contribution < -0.4 is 0 Å². The number of benzene rings is 2. The maximum Gasteiger partial charge on any atom is 0.339 e. The maximum absolute atomic E-state index is 13.0. The summed E-state index contributed by atoms with van der Waals surface area (Å²) < 4.78 is 7.45. The summed E-state index contributed by atoms with van der Waals surface area (Å²) in [5, 5.41) is 8.16. The predicted molar refractivity (Wildman–Crippen MR) is 104 cm³/mol. The zero-order chi connectivity index (χ0) is 19.5. The summed E-state index contributed by atoms with van der Waals surface area (Å²) in [5.74, 6) is -0.718. The van der Waals surface area contributed by atoms with Gasteiger partial charge in [0.25, 0.3) is 5.91 Å². The van der Waals surface area contributed by atoms with Gasteiger partial charge >= 0.3 is 5.97 Å². The molecule has 0 aliphatic carbocycles. The van der Waals surface area contributed by atoms with Crippen LogP contribution in [0, 0.1) is 0 Å². The van der Waals surface area contributed by atoms with Crippen molar-refractivity contribution in [2.24, 2.45) is 0 Å². The number of hydrogen-bond donors (Lipinski definition) is 0. The van der Waals surface area contributed by atoms with Crippen molar-refractivity contribution in [2.75, 3.05) is 13.1 Å². The highest BCUT2D eigenvalue weighted by atomic mass is 16.5. The van der Waals surface area contributed by atoms with Gasteiger partial charge in [-0.2, -0.15) is 0 Å². The molecule has 1 atom stereocenters. The van der Waals surface area contributed by atoms with E-state index in [-0.39, 0.29) is 5.91 Å². The minimum atomic E-state index is -0.950. The summed E-state index contributed by atoms with van der Waals surface area (Å²) in [6.07, 6.45) is 1.00. The Balaban J connectivity index is 1.60. The predicted octanol–water partition coefficient (Wildman–Crippen LogP) is 2.97. The second-order valence-corrected chi connectivity index (χ2v) is 6.84. The molecule has 144 valence electrons. The van der Waals surface area contributed by atoms with E-state index in [1.54, 1.807) is 27.8 Å². The molecule has 0 bridgehead atoms. The molecule has 1 fully saturated rings. The number of aromatic nitrogens is 3. The Kier molecular flexibility index (Phi) is 5.06. The Labute approximate surface area is 162 Å². The van der Waals surface area contributed by atoms with Gasteiger partial charge in [0, 0.05) is 25.2 Å². The summed E-state index contributed by atoms with van der Waals surface area (Å²) in [7, 11) is 0. The topological polar surface area (TPSA) is 77.3 Å². The van der Waals surface area contributed by atoms with Crippen molar-refractivity contribution in [3.05, 3.63) is 59.7 Å². The van der Waals surface area contributed by atoms with Gasteiger partial charge in [-0.3, -0.25) is 4.79 Å². The Morgan fingerprint density at radius 2 is 1.86 bits per heavy atom. The lowest BCUT2D eigenvalue weighted by Crippen LogP contribution is -2.34. The Morgan fingerprint density at radius 3 is 2.57 bits per heavy atom. The van der Waals surface area contributed by atoms with Gasteiger partial charge in [0.15, 0.2) is 0 Å². The molecule has 1 amide bonds. The summed E-state index contributed by atoms with van der Waals surface area (Å²) in [6, 6.07) is 14.3. The molecule has 2 heterocycles. The zero-order valence-corrected chi connectivity index (χ0v) is 15.7. The number of ether oxygens (including phenoxy) is 1. The lowest BCUT2D eigenvalue weighted by Gasteiger charge is -2.23. The number of fused-ring (bicyclic) bond motifs is 1. The van der Waals surface area contributed by atoms with Crippen LogP contribution in [0.1, 0.15) is 41.8 Å². The number of rotatable bonds is 5. The second-order valence-electron chi connectivity index (χ2n) is 6.84. The molecule has 1 saturated heterocycles. The van der Waals surface area contributed by atoms with Gasteiger partial charge in [0.05, 0.1) is 11.1 Å². The van der Waals surface area contributed by atoms with Crippen molar-refractivity contribution >= 4 is 22.9 Å². The van der Waals surface area contributed by atoms with Gasteiger partial charge in [-0.25, -0.2) is 9.48 Å². The third-order valence-electron chi connectivity index (χ3n) is 5.02. The monoisotopic (exact) mass is 378 g/mol. The first-order chi connectivity index (χ1) is 13.7. The number of carbonyl (C=O) groups is 2. The van der Waals surface area contributed by atoms with E-state index in [2.05, 4.69) is 10.3 Å². The van der Waals surface area contributed by atoms with Gasteiger partial charge in [0.1, 0.15) is 5.52 Å². The standard InChI is InChI=1S/C21H22N4O3/c1-2-25-18-11-10-16(14-17(18)22-23-25)21(27)28-19(15-8-4-3-5-9-15)20(26)24-12-6-7-13-24/h3-5,8-11,14,19H,2,6-7,12-13H2,1H3/t19-/m1/s1. The summed E-state index contributed by atoms with van der Waals surface area (Å²) in [6.45, 7) is 4.07. The molecule has 28 heavy (non-hydrogen) atoms. The minimum Gasteiger partial charge on any atom is -0.444 e. The first-order valence-electron chi connectivity index (χ1n) is 9.55. The summed E-state index contributed by atoms with van der Waals surface area (Å²) in [5.41, 5.74) is 2.50. The van der Waals surface area contributed by atoms with Crippen LogP contribution in [0.2, 0.25) is 0 Å². The van der Waals surface area contributed by atoms with Crippen LogP contribution in [0.15, 0.2) is 48.5 Å². The van der Waals surface area contributed by atoms with E-state index in [4.69, 9.17) is 4.74 Å². The smallest absolute Gasteiger partial charge is 0.339 e. The maximum atomic E-state index is 13.0. The molecule has 0 radical (unpaired) electrons. The van der Waals surface area contributed by atoms with E-state index in [0.29, 0.717) is 36.3 Å². The molecule has 1 aliphatic heterocycles. The summed E-state index contributed by atoms with van der Waals surface area (Å²) >= 11 is 0. The molecular weight excluding hydrogens is 356 g/mol. The van der Waals surface area contributed by atoms with Gasteiger partial charge in [0.2, 0.25) is 6.10 Å². The van der Waals surface area contributed by atoms with Crippen molar-refractivity contribution < 1.29 is 14.3 Å². The molecule has 7 nitrogen and oxygen atoms in total. The van der Waals surface area contributed by atoms with Gasteiger partial charge in [-0.1, -0.05) is 35.5 Å². The first-order valence-corrected chi connectivity index (χ1v) is 9.55. The van der Waals surface area contributed by atoms with E-state index in [1.165, 1.54) is 0 Å². The molecular formula is C21H22N4O3. The highest BCUT2D eigenvalue weighted by Gasteiger charge is 2.31. The average molecular weight is 378 g/mol. The van der Waals surface area contributed by atoms with E-state index in [9.17, 15) is 9.59 Å². The number of hydrogen-bond acceptors (Lipinski definition) is 5. The van der Waals surface area contributed by atoms with E-state index in [1.807, 2.05) is 37.3 Å². The zero-order valence-electron chi connectivity index (χ0n) is 15.7. The van der Waals surface area contributed by atoms with Crippen molar-refractivity contribution in [1.82, 2.24) is 19.9 Å². The lowest BCUT2D eigenvalue weighted by molar-refractivity contribution is -0.140. The van der Waals surface area contributed by atoms with E-state index >= 15 is 0 Å². The minimum absolute atomic E-state index is 0.171. The Hall–Kier alpha value is -3.22. The molecule has 1 aromatic heterocycles. The van der Waals surface area contributed by atoms with Crippen molar-refractivity contribution in [1.29, 1.82) is 0 Å². The lowest BCUT2D eigenvalue weighted by atomic mass is 10.1. The van der Waals surface area contributed by atoms with Crippen LogP contribution in [-0.4, -0.2) is 44.9 Å². The third-order valence-corrected chi connectivity index (χ3v) is 5.02. The molecule has 2 aromatic carbocycles. The second kappa shape index (κ2) is 7.80. The van der Waals surface area contributed by atoms with Gasteiger partial charge in [-0.05, 0) is 38.0 Å². The van der Waals surface area contributed by atoms with Crippen LogP contribution >= 0.6 is 0 Å². The Morgan fingerprint density at radius 1 is 1.11 bits per heavy atom. The largest absolute Gasteiger partial charge is 0.444 e. The van der Waals surface area contributed by atoms with Gasteiger partial charge in [-0.15, -0.1) is 5.10 Å². The number of likely N-dealkylation sites (tertiary alicyclic amines) is 1. The third kappa shape index (κ3) is 3.47. The fourth-order valence-corrected chi connectivity index (χ4v) is 3.50. The normalized spacial score (nSPS) is 15.0. The molecule has 0 N–H and O–H groups in total. The quantitative estimate of drug-likeness (QED) is 0.638. The number of amides is 1. The van der Waals surface area contributed by atoms with Gasteiger partial charge < -0.3 is 9.64 Å². The Bertz CT molecular complexity index is 993. The average Bonchev–Trinajstić information content (AvgIpc) is 3.41. The molecule has 3 aromatic rings. The molecule has 7 heteroatoms. The molecule has 1 aliphatic rings. The first kappa shape index (κ1) is 18.2. The van der Waals surface area contributed by atoms with Crippen LogP contribution in [0.4, 0.5) is 0 Å². The van der Waals surface area contributed by atoms with Crippen LogP contribution in [0.5, 0.6) is 0 Å². The fourth-order valence-electron chi connectivity index (χ4n) is 3.50. The number of carbonyl (C=O) groups excluding carboxylic acids is 2. The molecule has 0 spiro atoms. The number of nitrogens with zero attached hydrogens (tertiary/aromatic N) is 4. The highest BCUT2D eigenvalue weighted by molar-refractivity contribution is 5.95. The van der Waals surface area contributed by atoms with Crippen LogP contribution in [0.25, 0.3) is 11.0 Å². The molecule has 4 rings (SSSR count). The SMILES string of the molecule is CCn1nnc2cc(C(=O)O[C@@H](C(=O)N3CCCC3)c3ccccc3)ccc21. The number of aryl methyl sites for hydroxylation is 1. The van der Waals surface area contributed by atoms with Crippen molar-refractivity contribution in [2.45, 2.75) is 32.4 Å². The fraction of sp³-hybridized carbons (Fsp3) is 0.333. The highest BCUT2D eigenvalue weighted by Crippen LogP contribution is 2.25. The van der Waals surface area contributed by atoms with Crippen LogP contribution in [0.3, 0.4) is 0 Å². The molecule has 0 unspecified atom stereocenters. The van der Waals surface area contributed by atoms with E-state index < -0.39 is 12.1 Å². The van der Waals surface area contributed by atoms with Crippen molar-refractivity contribution in [3.8, 4) is 0 Å². The number of esters is 1. The summed E-state index contributed by atoms with van der Waals surface area (Å²) in [4.78, 5) is 27.6. The van der Waals surface area contributed by atoms with Crippen LogP contribution in [-0.2, 0) is 16.1 Å². The molecule has 0 saturated carbocycles. The van der Waals surface area contributed by atoms with Crippen molar-refractivity contribution in [3.63, 3.8) is 0 Å².